The van der Waals surface area contributed by atoms with Crippen molar-refractivity contribution in [3.63, 3.8) is 0 Å². The molecule has 2 N–H and O–H groups in total. The van der Waals surface area contributed by atoms with E-state index in [0.717, 1.165) is 37.1 Å². The van der Waals surface area contributed by atoms with Crippen molar-refractivity contribution in [3.8, 4) is 11.8 Å². The second kappa shape index (κ2) is 9.05. The Morgan fingerprint density at radius 3 is 2.77 bits per heavy atom. The summed E-state index contributed by atoms with van der Waals surface area (Å²) in [5, 5.41) is 11.2. The summed E-state index contributed by atoms with van der Waals surface area (Å²) in [6, 6.07) is 4.60. The highest BCUT2D eigenvalue weighted by Gasteiger charge is 2.21. The number of fused-ring (bicyclic) bond motifs is 1. The number of benzene rings is 1. The standard InChI is InChI=1S/C22H29FN6O2/c1-13(2)18-12-25-29-20(18)27-22(31-16-6-5-9-24-11-16)28-21(29)26-14(3)17-8-7-15(23)10-19(17)30-4/h7-8,10,12-14,16,24H,5-6,9,11H2,1-4H3,(H,26,27,28)/t14-,16?/m0/s1. The summed E-state index contributed by atoms with van der Waals surface area (Å²) in [6.45, 7) is 7.94. The van der Waals surface area contributed by atoms with Crippen LogP contribution in [0.15, 0.2) is 24.4 Å². The molecule has 1 aliphatic rings. The summed E-state index contributed by atoms with van der Waals surface area (Å²) in [6.07, 6.45) is 3.87. The minimum Gasteiger partial charge on any atom is -0.496 e. The van der Waals surface area contributed by atoms with E-state index in [4.69, 9.17) is 9.47 Å². The average Bonchev–Trinajstić information content (AvgIpc) is 3.19. The van der Waals surface area contributed by atoms with Crippen molar-refractivity contribution in [3.05, 3.63) is 41.3 Å². The SMILES string of the molecule is COc1cc(F)ccc1[C@H](C)Nc1nc(OC2CCCNC2)nc2c(C(C)C)cnn12. The van der Waals surface area contributed by atoms with Gasteiger partial charge in [-0.3, -0.25) is 0 Å². The predicted molar refractivity (Wildman–Crippen MR) is 116 cm³/mol. The number of ether oxygens (including phenoxy) is 2. The van der Waals surface area contributed by atoms with E-state index in [1.54, 1.807) is 10.6 Å². The van der Waals surface area contributed by atoms with Crippen molar-refractivity contribution in [1.82, 2.24) is 24.9 Å². The summed E-state index contributed by atoms with van der Waals surface area (Å²) in [4.78, 5) is 9.28. The average molecular weight is 429 g/mol. The van der Waals surface area contributed by atoms with Crippen LogP contribution < -0.4 is 20.1 Å². The number of nitrogens with one attached hydrogen (secondary N) is 2. The van der Waals surface area contributed by atoms with Crippen molar-refractivity contribution in [2.24, 2.45) is 0 Å². The molecule has 3 aromatic rings. The Morgan fingerprint density at radius 2 is 2.06 bits per heavy atom. The Balaban J connectivity index is 1.70. The first-order valence-corrected chi connectivity index (χ1v) is 10.7. The van der Waals surface area contributed by atoms with Gasteiger partial charge < -0.3 is 20.1 Å². The van der Waals surface area contributed by atoms with E-state index in [0.29, 0.717) is 23.4 Å². The van der Waals surface area contributed by atoms with Crippen LogP contribution in [-0.4, -0.2) is 45.9 Å². The fourth-order valence-electron chi connectivity index (χ4n) is 3.81. The van der Waals surface area contributed by atoms with Gasteiger partial charge in [-0.25, -0.2) is 4.39 Å². The molecule has 1 aromatic carbocycles. The van der Waals surface area contributed by atoms with Crippen molar-refractivity contribution < 1.29 is 13.9 Å². The summed E-state index contributed by atoms with van der Waals surface area (Å²) < 4.78 is 26.8. The minimum absolute atomic E-state index is 0.0316. The highest BCUT2D eigenvalue weighted by atomic mass is 19.1. The number of nitrogens with zero attached hydrogens (tertiary/aromatic N) is 4. The molecule has 1 aliphatic heterocycles. The quantitative estimate of drug-likeness (QED) is 0.593. The molecule has 1 unspecified atom stereocenters. The molecule has 166 valence electrons. The second-order valence-electron chi connectivity index (χ2n) is 8.16. The summed E-state index contributed by atoms with van der Waals surface area (Å²) >= 11 is 0. The molecule has 1 fully saturated rings. The van der Waals surface area contributed by atoms with Gasteiger partial charge in [-0.1, -0.05) is 19.9 Å². The molecule has 3 heterocycles. The maximum atomic E-state index is 13.6. The van der Waals surface area contributed by atoms with Gasteiger partial charge in [-0.15, -0.1) is 0 Å². The zero-order valence-corrected chi connectivity index (χ0v) is 18.4. The molecule has 8 nitrogen and oxygen atoms in total. The molecule has 1 saturated heterocycles. The molecule has 2 aromatic heterocycles. The number of anilines is 1. The molecule has 0 spiro atoms. The maximum Gasteiger partial charge on any atom is 0.322 e. The highest BCUT2D eigenvalue weighted by molar-refractivity contribution is 5.53. The summed E-state index contributed by atoms with van der Waals surface area (Å²) in [5.41, 5.74) is 2.54. The van der Waals surface area contributed by atoms with Crippen LogP contribution in [0, 0.1) is 5.82 Å². The van der Waals surface area contributed by atoms with Crippen LogP contribution in [0.4, 0.5) is 10.3 Å². The Labute approximate surface area is 181 Å². The van der Waals surface area contributed by atoms with Gasteiger partial charge in [0.15, 0.2) is 5.65 Å². The Bertz CT molecular complexity index is 1050. The third kappa shape index (κ3) is 4.56. The molecule has 0 radical (unpaired) electrons. The zero-order valence-electron chi connectivity index (χ0n) is 18.4. The van der Waals surface area contributed by atoms with Gasteiger partial charge in [0.25, 0.3) is 0 Å². The van der Waals surface area contributed by atoms with E-state index in [-0.39, 0.29) is 23.9 Å². The number of halogens is 1. The number of rotatable bonds is 7. The molecular formula is C22H29FN6O2. The van der Waals surface area contributed by atoms with Crippen LogP contribution in [0.1, 0.15) is 56.7 Å². The van der Waals surface area contributed by atoms with E-state index in [2.05, 4.69) is 39.5 Å². The first-order chi connectivity index (χ1) is 15.0. The maximum absolute atomic E-state index is 13.6. The molecule has 9 heteroatoms. The fourth-order valence-corrected chi connectivity index (χ4v) is 3.81. The highest BCUT2D eigenvalue weighted by Crippen LogP contribution is 2.30. The molecule has 0 saturated carbocycles. The lowest BCUT2D eigenvalue weighted by molar-refractivity contribution is 0.153. The smallest absolute Gasteiger partial charge is 0.322 e. The van der Waals surface area contributed by atoms with Gasteiger partial charge in [0.2, 0.25) is 5.95 Å². The summed E-state index contributed by atoms with van der Waals surface area (Å²) in [7, 11) is 1.53. The first-order valence-electron chi connectivity index (χ1n) is 10.7. The summed E-state index contributed by atoms with van der Waals surface area (Å²) in [5.74, 6) is 0.884. The lowest BCUT2D eigenvalue weighted by Gasteiger charge is -2.23. The molecule has 2 atom stereocenters. The van der Waals surface area contributed by atoms with Gasteiger partial charge in [0.1, 0.15) is 17.7 Å². The number of hydrogen-bond donors (Lipinski definition) is 2. The van der Waals surface area contributed by atoms with Crippen LogP contribution in [0.2, 0.25) is 0 Å². The van der Waals surface area contributed by atoms with E-state index in [1.807, 2.05) is 13.1 Å². The van der Waals surface area contributed by atoms with Gasteiger partial charge in [0.05, 0.1) is 19.3 Å². The van der Waals surface area contributed by atoms with E-state index >= 15 is 0 Å². The monoisotopic (exact) mass is 428 g/mol. The molecular weight excluding hydrogens is 399 g/mol. The number of methoxy groups -OCH3 is 1. The van der Waals surface area contributed by atoms with Crippen LogP contribution >= 0.6 is 0 Å². The van der Waals surface area contributed by atoms with E-state index in [1.165, 1.54) is 19.2 Å². The van der Waals surface area contributed by atoms with Crippen molar-refractivity contribution >= 4 is 11.6 Å². The third-order valence-corrected chi connectivity index (χ3v) is 5.53. The lowest BCUT2D eigenvalue weighted by atomic mass is 10.1. The molecule has 0 amide bonds. The molecule has 0 aliphatic carbocycles. The number of hydrogen-bond acceptors (Lipinski definition) is 7. The minimum atomic E-state index is -0.345. The first kappa shape index (κ1) is 21.3. The zero-order chi connectivity index (χ0) is 22.0. The number of piperidine rings is 1. The topological polar surface area (TPSA) is 85.6 Å². The van der Waals surface area contributed by atoms with E-state index in [9.17, 15) is 4.39 Å². The van der Waals surface area contributed by atoms with Crippen LogP contribution in [0.25, 0.3) is 5.65 Å². The Hall–Kier alpha value is -2.94. The van der Waals surface area contributed by atoms with Gasteiger partial charge >= 0.3 is 6.01 Å². The fraction of sp³-hybridized carbons (Fsp3) is 0.500. The molecule has 0 bridgehead atoms. The molecule has 4 rings (SSSR count). The van der Waals surface area contributed by atoms with Gasteiger partial charge in [-0.2, -0.15) is 19.6 Å². The lowest BCUT2D eigenvalue weighted by Crippen LogP contribution is -2.37. The van der Waals surface area contributed by atoms with Crippen molar-refractivity contribution in [1.29, 1.82) is 0 Å². The second-order valence-corrected chi connectivity index (χ2v) is 8.16. The molecule has 31 heavy (non-hydrogen) atoms. The largest absolute Gasteiger partial charge is 0.496 e. The number of aromatic nitrogens is 4. The van der Waals surface area contributed by atoms with Crippen LogP contribution in [0.5, 0.6) is 11.8 Å². The van der Waals surface area contributed by atoms with Gasteiger partial charge in [0, 0.05) is 23.7 Å². The van der Waals surface area contributed by atoms with E-state index < -0.39 is 0 Å². The van der Waals surface area contributed by atoms with Gasteiger partial charge in [-0.05, 0) is 38.3 Å². The normalized spacial score (nSPS) is 17.7. The predicted octanol–water partition coefficient (Wildman–Crippen LogP) is 3.70. The van der Waals surface area contributed by atoms with Crippen molar-refractivity contribution in [2.45, 2.75) is 51.7 Å². The third-order valence-electron chi connectivity index (χ3n) is 5.53. The van der Waals surface area contributed by atoms with Crippen LogP contribution in [0.3, 0.4) is 0 Å². The van der Waals surface area contributed by atoms with Crippen LogP contribution in [-0.2, 0) is 0 Å². The Morgan fingerprint density at radius 1 is 1.23 bits per heavy atom. The Kier molecular flexibility index (Phi) is 6.22. The van der Waals surface area contributed by atoms with Crippen molar-refractivity contribution in [2.75, 3.05) is 25.5 Å².